The first-order valence-corrected chi connectivity index (χ1v) is 9.01. The molecular weight excluding hydrogens is 356 g/mol. The summed E-state index contributed by atoms with van der Waals surface area (Å²) < 4.78 is 11.5. The predicted octanol–water partition coefficient (Wildman–Crippen LogP) is 2.60. The van der Waals surface area contributed by atoms with Crippen LogP contribution < -0.4 is 4.57 Å². The van der Waals surface area contributed by atoms with Crippen LogP contribution in [0.5, 0.6) is 0 Å². The van der Waals surface area contributed by atoms with Crippen LogP contribution in [0.4, 0.5) is 0 Å². The SMILES string of the molecule is COC(=O)/C=C/c1ccc(CC(=O)OC)[n+](CCc2c[nH]c3ccccc23)c1. The highest BCUT2D eigenvalue weighted by atomic mass is 16.5. The van der Waals surface area contributed by atoms with Crippen LogP contribution in [-0.4, -0.2) is 31.1 Å². The van der Waals surface area contributed by atoms with Gasteiger partial charge in [0.25, 0.3) is 0 Å². The van der Waals surface area contributed by atoms with Gasteiger partial charge in [0.1, 0.15) is 6.42 Å². The minimum atomic E-state index is -0.413. The molecule has 2 heterocycles. The molecule has 0 saturated carbocycles. The van der Waals surface area contributed by atoms with E-state index < -0.39 is 5.97 Å². The number of carbonyl (C=O) groups excluding carboxylic acids is 2. The molecular formula is C22H23N2O4+. The van der Waals surface area contributed by atoms with Gasteiger partial charge in [0.05, 0.1) is 14.2 Å². The molecule has 3 rings (SSSR count). The Morgan fingerprint density at radius 2 is 1.93 bits per heavy atom. The molecule has 0 aliphatic rings. The molecule has 0 atom stereocenters. The maximum atomic E-state index is 11.8. The Morgan fingerprint density at radius 1 is 1.11 bits per heavy atom. The molecule has 1 N–H and O–H groups in total. The third kappa shape index (κ3) is 4.65. The van der Waals surface area contributed by atoms with E-state index in [2.05, 4.69) is 15.8 Å². The van der Waals surface area contributed by atoms with Crippen LogP contribution in [0.2, 0.25) is 0 Å². The minimum absolute atomic E-state index is 0.186. The second kappa shape index (κ2) is 8.99. The van der Waals surface area contributed by atoms with Crippen LogP contribution in [-0.2, 0) is 38.4 Å². The van der Waals surface area contributed by atoms with Crippen LogP contribution in [0.3, 0.4) is 0 Å². The van der Waals surface area contributed by atoms with Gasteiger partial charge in [-0.15, -0.1) is 0 Å². The number of nitrogens with one attached hydrogen (secondary N) is 1. The summed E-state index contributed by atoms with van der Waals surface area (Å²) >= 11 is 0. The van der Waals surface area contributed by atoms with E-state index in [-0.39, 0.29) is 12.4 Å². The van der Waals surface area contributed by atoms with Crippen molar-refractivity contribution in [3.63, 3.8) is 0 Å². The van der Waals surface area contributed by atoms with Crippen molar-refractivity contribution in [2.45, 2.75) is 19.4 Å². The van der Waals surface area contributed by atoms with Crippen LogP contribution in [0.25, 0.3) is 17.0 Å². The number of fused-ring (bicyclic) bond motifs is 1. The molecule has 0 bridgehead atoms. The number of methoxy groups -OCH3 is 2. The normalized spacial score (nSPS) is 11.1. The van der Waals surface area contributed by atoms with Gasteiger partial charge in [0, 0.05) is 41.2 Å². The highest BCUT2D eigenvalue weighted by molar-refractivity contribution is 5.86. The summed E-state index contributed by atoms with van der Waals surface area (Å²) in [6.07, 6.45) is 7.99. The Labute approximate surface area is 163 Å². The number of ether oxygens (including phenoxy) is 2. The Bertz CT molecular complexity index is 1020. The van der Waals surface area contributed by atoms with Gasteiger partial charge >= 0.3 is 11.9 Å². The van der Waals surface area contributed by atoms with E-state index in [1.54, 1.807) is 6.08 Å². The number of nitrogens with zero attached hydrogens (tertiary/aromatic N) is 1. The summed E-state index contributed by atoms with van der Waals surface area (Å²) in [5.41, 5.74) is 4.01. The number of carbonyl (C=O) groups is 2. The lowest BCUT2D eigenvalue weighted by Gasteiger charge is -2.05. The molecule has 0 aliphatic carbocycles. The first-order chi connectivity index (χ1) is 13.6. The number of esters is 2. The molecule has 0 aliphatic heterocycles. The standard InChI is InChI=1S/C22H23N2O4/c1-27-21(25)10-8-16-7-9-18(13-22(26)28-2)24(15-16)12-11-17-14-23-20-6-4-3-5-19(17)20/h3-10,14-15,23H,11-13H2,1-2H3/q+1/b10-8+. The van der Waals surface area contributed by atoms with Gasteiger partial charge in [0.2, 0.25) is 0 Å². The number of aryl methyl sites for hydroxylation is 2. The Hall–Kier alpha value is -3.41. The first kappa shape index (κ1) is 19.4. The highest BCUT2D eigenvalue weighted by Gasteiger charge is 2.17. The molecule has 0 spiro atoms. The molecule has 0 radical (unpaired) electrons. The van der Waals surface area contributed by atoms with Crippen molar-refractivity contribution in [3.05, 3.63) is 71.7 Å². The molecule has 0 amide bonds. The van der Waals surface area contributed by atoms with Crippen molar-refractivity contribution in [2.24, 2.45) is 0 Å². The summed E-state index contributed by atoms with van der Waals surface area (Å²) in [4.78, 5) is 26.4. The largest absolute Gasteiger partial charge is 0.469 e. The van der Waals surface area contributed by atoms with E-state index in [0.29, 0.717) is 6.54 Å². The molecule has 0 fully saturated rings. The lowest BCUT2D eigenvalue weighted by Crippen LogP contribution is -2.40. The maximum absolute atomic E-state index is 11.8. The number of hydrogen-bond acceptors (Lipinski definition) is 4. The number of rotatable bonds is 7. The predicted molar refractivity (Wildman–Crippen MR) is 105 cm³/mol. The number of aromatic nitrogens is 2. The monoisotopic (exact) mass is 379 g/mol. The number of para-hydroxylation sites is 1. The molecule has 6 nitrogen and oxygen atoms in total. The zero-order valence-corrected chi connectivity index (χ0v) is 16.0. The fraction of sp³-hybridized carbons (Fsp3) is 0.227. The lowest BCUT2D eigenvalue weighted by atomic mass is 10.1. The topological polar surface area (TPSA) is 72.3 Å². The van der Waals surface area contributed by atoms with Crippen LogP contribution in [0, 0.1) is 0 Å². The third-order valence-corrected chi connectivity index (χ3v) is 4.61. The average molecular weight is 379 g/mol. The van der Waals surface area contributed by atoms with E-state index in [9.17, 15) is 9.59 Å². The Kier molecular flexibility index (Phi) is 6.22. The third-order valence-electron chi connectivity index (χ3n) is 4.61. The summed E-state index contributed by atoms with van der Waals surface area (Å²) in [5, 5.41) is 1.19. The van der Waals surface area contributed by atoms with Crippen molar-refractivity contribution in [2.75, 3.05) is 14.2 Å². The average Bonchev–Trinajstić information content (AvgIpc) is 3.14. The van der Waals surface area contributed by atoms with E-state index >= 15 is 0 Å². The smallest absolute Gasteiger partial charge is 0.330 e. The number of H-pyrrole nitrogens is 1. The maximum Gasteiger partial charge on any atom is 0.330 e. The number of hydrogen-bond donors (Lipinski definition) is 1. The minimum Gasteiger partial charge on any atom is -0.469 e. The summed E-state index contributed by atoms with van der Waals surface area (Å²) in [7, 11) is 2.72. The molecule has 6 heteroatoms. The van der Waals surface area contributed by atoms with E-state index in [0.717, 1.165) is 23.2 Å². The van der Waals surface area contributed by atoms with Gasteiger partial charge in [0.15, 0.2) is 18.4 Å². The van der Waals surface area contributed by atoms with Crippen molar-refractivity contribution in [1.82, 2.24) is 4.98 Å². The number of benzene rings is 1. The zero-order valence-electron chi connectivity index (χ0n) is 16.0. The summed E-state index contributed by atoms with van der Waals surface area (Å²) in [6, 6.07) is 11.9. The van der Waals surface area contributed by atoms with Gasteiger partial charge in [-0.25, -0.2) is 9.36 Å². The molecule has 144 valence electrons. The van der Waals surface area contributed by atoms with Crippen LogP contribution in [0.1, 0.15) is 16.8 Å². The summed E-state index contributed by atoms with van der Waals surface area (Å²) in [6.45, 7) is 0.689. The van der Waals surface area contributed by atoms with Gasteiger partial charge in [-0.1, -0.05) is 18.2 Å². The Balaban J connectivity index is 1.85. The fourth-order valence-corrected chi connectivity index (χ4v) is 3.09. The van der Waals surface area contributed by atoms with Gasteiger partial charge < -0.3 is 14.5 Å². The van der Waals surface area contributed by atoms with Crippen molar-refractivity contribution < 1.29 is 23.6 Å². The van der Waals surface area contributed by atoms with Crippen molar-refractivity contribution in [1.29, 1.82) is 0 Å². The molecule has 0 unspecified atom stereocenters. The van der Waals surface area contributed by atoms with Gasteiger partial charge in [-0.2, -0.15) is 0 Å². The van der Waals surface area contributed by atoms with Crippen molar-refractivity contribution >= 4 is 28.9 Å². The second-order valence-corrected chi connectivity index (χ2v) is 6.37. The van der Waals surface area contributed by atoms with Gasteiger partial charge in [-0.3, -0.25) is 4.79 Å². The second-order valence-electron chi connectivity index (χ2n) is 6.37. The number of pyridine rings is 1. The molecule has 2 aromatic heterocycles. The fourth-order valence-electron chi connectivity index (χ4n) is 3.09. The van der Waals surface area contributed by atoms with Crippen LogP contribution >= 0.6 is 0 Å². The van der Waals surface area contributed by atoms with E-state index in [4.69, 9.17) is 4.74 Å². The van der Waals surface area contributed by atoms with Gasteiger partial charge in [-0.05, 0) is 23.8 Å². The zero-order chi connectivity index (χ0) is 19.9. The highest BCUT2D eigenvalue weighted by Crippen LogP contribution is 2.18. The Morgan fingerprint density at radius 3 is 2.71 bits per heavy atom. The summed E-state index contributed by atoms with van der Waals surface area (Å²) in [5.74, 6) is -0.706. The van der Waals surface area contributed by atoms with E-state index in [1.165, 1.54) is 31.2 Å². The number of aromatic amines is 1. The molecule has 28 heavy (non-hydrogen) atoms. The van der Waals surface area contributed by atoms with Crippen LogP contribution in [0.15, 0.2) is 54.9 Å². The quantitative estimate of drug-likeness (QED) is 0.389. The molecule has 3 aromatic rings. The molecule has 0 saturated heterocycles. The lowest BCUT2D eigenvalue weighted by molar-refractivity contribution is -0.703. The van der Waals surface area contributed by atoms with E-state index in [1.807, 2.05) is 47.3 Å². The first-order valence-electron chi connectivity index (χ1n) is 9.01. The molecule has 1 aromatic carbocycles. The van der Waals surface area contributed by atoms with Crippen molar-refractivity contribution in [3.8, 4) is 0 Å².